The predicted octanol–water partition coefficient (Wildman–Crippen LogP) is 3.02. The Kier molecular flexibility index (Phi) is 3.80. The van der Waals surface area contributed by atoms with Crippen LogP contribution in [0.2, 0.25) is 0 Å². The Morgan fingerprint density at radius 2 is 1.82 bits per heavy atom. The van der Waals surface area contributed by atoms with Crippen molar-refractivity contribution in [3.63, 3.8) is 0 Å². The lowest BCUT2D eigenvalue weighted by molar-refractivity contribution is 0.282. The van der Waals surface area contributed by atoms with Crippen molar-refractivity contribution in [2.45, 2.75) is 6.61 Å². The average molecular weight is 295 g/mol. The number of nitrogens with zero attached hydrogens (tertiary/aromatic N) is 2. The van der Waals surface area contributed by atoms with Crippen molar-refractivity contribution in [2.75, 3.05) is 5.73 Å². The van der Waals surface area contributed by atoms with Gasteiger partial charge >= 0.3 is 0 Å². The van der Waals surface area contributed by atoms with Gasteiger partial charge in [-0.1, -0.05) is 30.3 Å². The predicted molar refractivity (Wildman–Crippen MR) is 83.2 cm³/mol. The molecule has 3 N–H and O–H groups in total. The number of anilines is 1. The van der Waals surface area contributed by atoms with Crippen LogP contribution in [0, 0.1) is 5.82 Å². The summed E-state index contributed by atoms with van der Waals surface area (Å²) < 4.78 is 14.4. The molecule has 3 rings (SSSR count). The van der Waals surface area contributed by atoms with E-state index in [1.807, 2.05) is 24.3 Å². The summed E-state index contributed by atoms with van der Waals surface area (Å²) in [5.74, 6) is -0.109. The molecule has 0 saturated carbocycles. The second kappa shape index (κ2) is 5.91. The molecule has 0 atom stereocenters. The van der Waals surface area contributed by atoms with Crippen LogP contribution in [0.5, 0.6) is 0 Å². The van der Waals surface area contributed by atoms with Crippen molar-refractivity contribution < 1.29 is 9.50 Å². The van der Waals surface area contributed by atoms with Gasteiger partial charge in [0.15, 0.2) is 0 Å². The molecule has 2 aromatic carbocycles. The molecule has 0 aliphatic rings. The first-order chi connectivity index (χ1) is 10.7. The largest absolute Gasteiger partial charge is 0.392 e. The molecule has 5 heteroatoms. The Labute approximate surface area is 127 Å². The lowest BCUT2D eigenvalue weighted by atomic mass is 9.98. The maximum absolute atomic E-state index is 14.4. The number of hydrogen-bond donors (Lipinski definition) is 2. The van der Waals surface area contributed by atoms with E-state index in [-0.39, 0.29) is 12.4 Å². The third-order valence-electron chi connectivity index (χ3n) is 3.42. The highest BCUT2D eigenvalue weighted by atomic mass is 19.1. The number of benzene rings is 2. The van der Waals surface area contributed by atoms with Gasteiger partial charge in [0.1, 0.15) is 11.6 Å². The lowest BCUT2D eigenvalue weighted by Gasteiger charge is -2.09. The average Bonchev–Trinajstić information content (AvgIpc) is 2.56. The van der Waals surface area contributed by atoms with E-state index in [1.165, 1.54) is 18.5 Å². The van der Waals surface area contributed by atoms with Crippen molar-refractivity contribution in [3.05, 3.63) is 66.2 Å². The van der Waals surface area contributed by atoms with Crippen LogP contribution in [0.3, 0.4) is 0 Å². The molecule has 0 fully saturated rings. The molecule has 0 amide bonds. The summed E-state index contributed by atoms with van der Waals surface area (Å²) in [5, 5.41) is 9.38. The molecule has 0 unspecified atom stereocenters. The van der Waals surface area contributed by atoms with Gasteiger partial charge in [0, 0.05) is 5.56 Å². The van der Waals surface area contributed by atoms with E-state index < -0.39 is 5.82 Å². The molecule has 1 aromatic heterocycles. The summed E-state index contributed by atoms with van der Waals surface area (Å²) in [6.45, 7) is -0.0943. The quantitative estimate of drug-likeness (QED) is 0.779. The minimum absolute atomic E-state index is 0.0943. The van der Waals surface area contributed by atoms with Gasteiger partial charge in [-0.25, -0.2) is 9.37 Å². The van der Waals surface area contributed by atoms with Crippen molar-refractivity contribution in [1.82, 2.24) is 9.97 Å². The number of halogens is 1. The molecule has 22 heavy (non-hydrogen) atoms. The van der Waals surface area contributed by atoms with Crippen LogP contribution in [-0.2, 0) is 6.61 Å². The van der Waals surface area contributed by atoms with Crippen LogP contribution in [0.1, 0.15) is 5.56 Å². The van der Waals surface area contributed by atoms with Gasteiger partial charge in [-0.05, 0) is 28.8 Å². The number of nitrogen functional groups attached to an aromatic ring is 1. The number of aliphatic hydroxyl groups excluding tert-OH is 1. The highest BCUT2D eigenvalue weighted by Gasteiger charge is 2.10. The monoisotopic (exact) mass is 295 g/mol. The molecular formula is C17H14FN3O. The van der Waals surface area contributed by atoms with Crippen LogP contribution in [-0.4, -0.2) is 15.1 Å². The maximum atomic E-state index is 14.4. The van der Waals surface area contributed by atoms with Crippen molar-refractivity contribution in [2.24, 2.45) is 0 Å². The minimum Gasteiger partial charge on any atom is -0.392 e. The molecule has 0 aliphatic heterocycles. The smallest absolute Gasteiger partial charge is 0.141 e. The van der Waals surface area contributed by atoms with Gasteiger partial charge in [0.05, 0.1) is 24.7 Å². The molecule has 110 valence electrons. The van der Waals surface area contributed by atoms with E-state index >= 15 is 0 Å². The van der Waals surface area contributed by atoms with E-state index in [2.05, 4.69) is 9.97 Å². The topological polar surface area (TPSA) is 72.0 Å². The van der Waals surface area contributed by atoms with Crippen LogP contribution in [0.15, 0.2) is 54.9 Å². The maximum Gasteiger partial charge on any atom is 0.141 e. The fraction of sp³-hybridized carbons (Fsp3) is 0.0588. The summed E-state index contributed by atoms with van der Waals surface area (Å²) in [6.07, 6.45) is 2.83. The van der Waals surface area contributed by atoms with Crippen molar-refractivity contribution in [3.8, 4) is 22.4 Å². The first kappa shape index (κ1) is 14.2. The summed E-state index contributed by atoms with van der Waals surface area (Å²) in [5.41, 5.74) is 8.53. The van der Waals surface area contributed by atoms with Crippen LogP contribution in [0.4, 0.5) is 10.2 Å². The molecule has 4 nitrogen and oxygen atoms in total. The van der Waals surface area contributed by atoms with Gasteiger partial charge in [0.2, 0.25) is 0 Å². The highest BCUT2D eigenvalue weighted by molar-refractivity contribution is 5.71. The fourth-order valence-electron chi connectivity index (χ4n) is 2.31. The number of rotatable bonds is 3. The van der Waals surface area contributed by atoms with Gasteiger partial charge < -0.3 is 10.8 Å². The SMILES string of the molecule is Nc1cnc(-c2ccc(-c3ccccc3CO)cc2F)cn1. The molecule has 0 bridgehead atoms. The normalized spacial score (nSPS) is 10.6. The summed E-state index contributed by atoms with van der Waals surface area (Å²) in [6, 6.07) is 12.2. The fourth-order valence-corrected chi connectivity index (χ4v) is 2.31. The molecule has 0 saturated heterocycles. The summed E-state index contributed by atoms with van der Waals surface area (Å²) in [7, 11) is 0. The Morgan fingerprint density at radius 1 is 1.00 bits per heavy atom. The molecule has 0 radical (unpaired) electrons. The zero-order chi connectivity index (χ0) is 15.5. The van der Waals surface area contributed by atoms with Crippen LogP contribution >= 0.6 is 0 Å². The third kappa shape index (κ3) is 2.66. The molecule has 0 aliphatic carbocycles. The minimum atomic E-state index is -0.399. The lowest BCUT2D eigenvalue weighted by Crippen LogP contribution is -1.95. The van der Waals surface area contributed by atoms with E-state index in [0.29, 0.717) is 16.8 Å². The molecule has 1 heterocycles. The summed E-state index contributed by atoms with van der Waals surface area (Å²) >= 11 is 0. The Morgan fingerprint density at radius 3 is 2.50 bits per heavy atom. The van der Waals surface area contributed by atoms with E-state index in [0.717, 1.165) is 11.1 Å². The first-order valence-corrected chi connectivity index (χ1v) is 6.75. The summed E-state index contributed by atoms with van der Waals surface area (Å²) in [4.78, 5) is 8.00. The molecular weight excluding hydrogens is 281 g/mol. The first-order valence-electron chi connectivity index (χ1n) is 6.75. The second-order valence-corrected chi connectivity index (χ2v) is 4.84. The van der Waals surface area contributed by atoms with Gasteiger partial charge in [-0.15, -0.1) is 0 Å². The standard InChI is InChI=1S/C17H14FN3O/c18-15-7-11(13-4-2-1-3-12(13)10-22)5-6-14(15)16-8-21-17(19)9-20-16/h1-9,22H,10H2,(H2,19,21). The van der Waals surface area contributed by atoms with Gasteiger partial charge in [0.25, 0.3) is 0 Å². The number of aliphatic hydroxyl groups is 1. The van der Waals surface area contributed by atoms with Crippen molar-refractivity contribution >= 4 is 5.82 Å². The zero-order valence-electron chi connectivity index (χ0n) is 11.7. The number of nitrogens with two attached hydrogens (primary N) is 1. The zero-order valence-corrected chi connectivity index (χ0v) is 11.7. The van der Waals surface area contributed by atoms with E-state index in [9.17, 15) is 9.50 Å². The Balaban J connectivity index is 2.04. The van der Waals surface area contributed by atoms with Crippen LogP contribution in [0.25, 0.3) is 22.4 Å². The third-order valence-corrected chi connectivity index (χ3v) is 3.42. The second-order valence-electron chi connectivity index (χ2n) is 4.84. The van der Waals surface area contributed by atoms with Crippen LogP contribution < -0.4 is 5.73 Å². The number of hydrogen-bond acceptors (Lipinski definition) is 4. The molecule has 3 aromatic rings. The Bertz CT molecular complexity index is 803. The number of aromatic nitrogens is 2. The van der Waals surface area contributed by atoms with Gasteiger partial charge in [-0.2, -0.15) is 0 Å². The van der Waals surface area contributed by atoms with Gasteiger partial charge in [-0.3, -0.25) is 4.98 Å². The molecule has 0 spiro atoms. The van der Waals surface area contributed by atoms with E-state index in [1.54, 1.807) is 12.1 Å². The highest BCUT2D eigenvalue weighted by Crippen LogP contribution is 2.28. The van der Waals surface area contributed by atoms with Crippen molar-refractivity contribution in [1.29, 1.82) is 0 Å². The Hall–Kier alpha value is -2.79. The van der Waals surface area contributed by atoms with E-state index in [4.69, 9.17) is 5.73 Å².